The van der Waals surface area contributed by atoms with Gasteiger partial charge >= 0.3 is 0 Å². The maximum atomic E-state index is 11.0. The van der Waals surface area contributed by atoms with Gasteiger partial charge in [-0.05, 0) is 36.4 Å². The third kappa shape index (κ3) is 2.72. The zero-order valence-corrected chi connectivity index (χ0v) is 9.05. The molecule has 0 fully saturated rings. The molecule has 0 aliphatic rings. The molecule has 1 amide bonds. The summed E-state index contributed by atoms with van der Waals surface area (Å²) in [6, 6.07) is 10.4. The molecule has 0 unspecified atom stereocenters. The predicted octanol–water partition coefficient (Wildman–Crippen LogP) is 1.51. The van der Waals surface area contributed by atoms with Gasteiger partial charge in [0, 0.05) is 23.1 Å². The number of hydrogen-bond donors (Lipinski definition) is 3. The zero-order chi connectivity index (χ0) is 12.3. The summed E-state index contributed by atoms with van der Waals surface area (Å²) in [5.74, 6) is 0.0822. The van der Waals surface area contributed by atoms with E-state index < -0.39 is 5.91 Å². The summed E-state index contributed by atoms with van der Waals surface area (Å²) in [7, 11) is 0. The number of primary amides is 1. The summed E-state index contributed by atoms with van der Waals surface area (Å²) in [4.78, 5) is 15.1. The zero-order valence-electron chi connectivity index (χ0n) is 9.05. The van der Waals surface area contributed by atoms with Crippen LogP contribution in [0.1, 0.15) is 10.4 Å². The van der Waals surface area contributed by atoms with Crippen LogP contribution >= 0.6 is 0 Å². The Balaban J connectivity index is 2.21. The molecular weight excluding hydrogens is 216 g/mol. The van der Waals surface area contributed by atoms with Crippen molar-refractivity contribution in [2.24, 2.45) is 5.73 Å². The van der Waals surface area contributed by atoms with E-state index in [1.807, 2.05) is 12.1 Å². The van der Waals surface area contributed by atoms with Crippen molar-refractivity contribution in [3.05, 3.63) is 48.2 Å². The highest BCUT2D eigenvalue weighted by molar-refractivity contribution is 5.93. The van der Waals surface area contributed by atoms with Crippen molar-refractivity contribution < 1.29 is 4.79 Å². The van der Waals surface area contributed by atoms with E-state index in [1.165, 1.54) is 6.20 Å². The Bertz CT molecular complexity index is 536. The molecule has 5 heteroatoms. The second-order valence-electron chi connectivity index (χ2n) is 3.54. The number of amides is 1. The lowest BCUT2D eigenvalue weighted by molar-refractivity contribution is 0.1000. The summed E-state index contributed by atoms with van der Waals surface area (Å²) in [6.07, 6.45) is 1.53. The predicted molar refractivity (Wildman–Crippen MR) is 66.9 cm³/mol. The van der Waals surface area contributed by atoms with Gasteiger partial charge in [-0.1, -0.05) is 0 Å². The number of nitrogens with zero attached hydrogens (tertiary/aromatic N) is 1. The number of anilines is 3. The molecule has 0 radical (unpaired) electrons. The van der Waals surface area contributed by atoms with Crippen LogP contribution in [0, 0.1) is 0 Å². The van der Waals surface area contributed by atoms with Crippen LogP contribution in [-0.4, -0.2) is 10.9 Å². The molecule has 0 aliphatic heterocycles. The fraction of sp³-hybridized carbons (Fsp3) is 0. The SMILES string of the molecule is NC(=O)c1ccnc(Nc2ccc(N)cc2)c1. The van der Waals surface area contributed by atoms with Crippen LogP contribution < -0.4 is 16.8 Å². The van der Waals surface area contributed by atoms with Crippen molar-refractivity contribution in [2.45, 2.75) is 0 Å². The number of nitrogens with one attached hydrogen (secondary N) is 1. The van der Waals surface area contributed by atoms with Gasteiger partial charge in [-0.25, -0.2) is 4.98 Å². The van der Waals surface area contributed by atoms with E-state index in [4.69, 9.17) is 11.5 Å². The van der Waals surface area contributed by atoms with Crippen LogP contribution in [-0.2, 0) is 0 Å². The number of nitrogen functional groups attached to an aromatic ring is 1. The highest BCUT2D eigenvalue weighted by Crippen LogP contribution is 2.16. The number of carbonyl (C=O) groups excluding carboxylic acids is 1. The van der Waals surface area contributed by atoms with E-state index in [0.29, 0.717) is 17.1 Å². The summed E-state index contributed by atoms with van der Waals surface area (Å²) < 4.78 is 0. The Morgan fingerprint density at radius 2 is 1.88 bits per heavy atom. The molecule has 1 aromatic heterocycles. The number of pyridine rings is 1. The van der Waals surface area contributed by atoms with E-state index in [0.717, 1.165) is 5.69 Å². The smallest absolute Gasteiger partial charge is 0.248 e. The lowest BCUT2D eigenvalue weighted by Crippen LogP contribution is -2.11. The number of aromatic nitrogens is 1. The quantitative estimate of drug-likeness (QED) is 0.694. The van der Waals surface area contributed by atoms with Crippen LogP contribution in [0.4, 0.5) is 17.2 Å². The fourth-order valence-electron chi connectivity index (χ4n) is 1.37. The third-order valence-electron chi connectivity index (χ3n) is 2.23. The van der Waals surface area contributed by atoms with Gasteiger partial charge in [-0.2, -0.15) is 0 Å². The number of benzene rings is 1. The molecule has 0 saturated heterocycles. The standard InChI is InChI=1S/C12H12N4O/c13-9-1-3-10(4-2-9)16-11-7-8(12(14)17)5-6-15-11/h1-7H,13H2,(H2,14,17)(H,15,16). The molecule has 0 bridgehead atoms. The van der Waals surface area contributed by atoms with Gasteiger partial charge < -0.3 is 16.8 Å². The molecular formula is C12H12N4O. The first-order chi connectivity index (χ1) is 8.15. The van der Waals surface area contributed by atoms with Gasteiger partial charge in [0.2, 0.25) is 5.91 Å². The molecule has 86 valence electrons. The Labute approximate surface area is 98.5 Å². The summed E-state index contributed by atoms with van der Waals surface area (Å²) in [6.45, 7) is 0. The first kappa shape index (κ1) is 10.9. The molecule has 0 atom stereocenters. The van der Waals surface area contributed by atoms with Crippen molar-refractivity contribution >= 4 is 23.1 Å². The van der Waals surface area contributed by atoms with Crippen molar-refractivity contribution in [1.29, 1.82) is 0 Å². The van der Waals surface area contributed by atoms with Crippen LogP contribution in [0.3, 0.4) is 0 Å². The Morgan fingerprint density at radius 3 is 2.53 bits per heavy atom. The van der Waals surface area contributed by atoms with E-state index in [-0.39, 0.29) is 0 Å². The van der Waals surface area contributed by atoms with Gasteiger partial charge in [-0.3, -0.25) is 4.79 Å². The summed E-state index contributed by atoms with van der Waals surface area (Å²) >= 11 is 0. The topological polar surface area (TPSA) is 94.0 Å². The molecule has 0 saturated carbocycles. The second-order valence-corrected chi connectivity index (χ2v) is 3.54. The van der Waals surface area contributed by atoms with Gasteiger partial charge in [0.05, 0.1) is 0 Å². The minimum atomic E-state index is -0.479. The van der Waals surface area contributed by atoms with Crippen molar-refractivity contribution in [1.82, 2.24) is 4.98 Å². The van der Waals surface area contributed by atoms with Crippen LogP contribution in [0.15, 0.2) is 42.6 Å². The van der Waals surface area contributed by atoms with Gasteiger partial charge in [0.1, 0.15) is 5.82 Å². The molecule has 5 nitrogen and oxygen atoms in total. The molecule has 0 aliphatic carbocycles. The average Bonchev–Trinajstić information content (AvgIpc) is 2.32. The number of rotatable bonds is 3. The lowest BCUT2D eigenvalue weighted by Gasteiger charge is -2.06. The molecule has 0 spiro atoms. The van der Waals surface area contributed by atoms with E-state index in [1.54, 1.807) is 24.3 Å². The first-order valence-corrected chi connectivity index (χ1v) is 5.03. The number of carbonyl (C=O) groups is 1. The van der Waals surface area contributed by atoms with E-state index >= 15 is 0 Å². The lowest BCUT2D eigenvalue weighted by atomic mass is 10.2. The maximum absolute atomic E-state index is 11.0. The van der Waals surface area contributed by atoms with Gasteiger partial charge in [0.15, 0.2) is 0 Å². The Hall–Kier alpha value is -2.56. The highest BCUT2D eigenvalue weighted by Gasteiger charge is 2.02. The van der Waals surface area contributed by atoms with Crippen LogP contribution in [0.5, 0.6) is 0 Å². The Kier molecular flexibility index (Phi) is 2.91. The largest absolute Gasteiger partial charge is 0.399 e. The maximum Gasteiger partial charge on any atom is 0.248 e. The van der Waals surface area contributed by atoms with Gasteiger partial charge in [-0.15, -0.1) is 0 Å². The summed E-state index contributed by atoms with van der Waals surface area (Å²) in [5, 5.41) is 3.05. The van der Waals surface area contributed by atoms with Crippen LogP contribution in [0.2, 0.25) is 0 Å². The van der Waals surface area contributed by atoms with Gasteiger partial charge in [0.25, 0.3) is 0 Å². The molecule has 5 N–H and O–H groups in total. The molecule has 2 aromatic rings. The number of nitrogens with two attached hydrogens (primary N) is 2. The van der Waals surface area contributed by atoms with Crippen LogP contribution in [0.25, 0.3) is 0 Å². The normalized spacial score (nSPS) is 9.88. The first-order valence-electron chi connectivity index (χ1n) is 5.03. The minimum Gasteiger partial charge on any atom is -0.399 e. The van der Waals surface area contributed by atoms with E-state index in [2.05, 4.69) is 10.3 Å². The molecule has 2 rings (SSSR count). The van der Waals surface area contributed by atoms with Crippen molar-refractivity contribution in [3.8, 4) is 0 Å². The Morgan fingerprint density at radius 1 is 1.18 bits per heavy atom. The summed E-state index contributed by atoms with van der Waals surface area (Å²) in [5.41, 5.74) is 12.7. The number of hydrogen-bond acceptors (Lipinski definition) is 4. The molecule has 1 heterocycles. The molecule has 1 aromatic carbocycles. The minimum absolute atomic E-state index is 0.415. The third-order valence-corrected chi connectivity index (χ3v) is 2.23. The van der Waals surface area contributed by atoms with E-state index in [9.17, 15) is 4.79 Å². The average molecular weight is 228 g/mol. The van der Waals surface area contributed by atoms with Crippen molar-refractivity contribution in [2.75, 3.05) is 11.1 Å². The second kappa shape index (κ2) is 4.52. The monoisotopic (exact) mass is 228 g/mol. The van der Waals surface area contributed by atoms with Crippen molar-refractivity contribution in [3.63, 3.8) is 0 Å². The molecule has 17 heavy (non-hydrogen) atoms. The fourth-order valence-corrected chi connectivity index (χ4v) is 1.37. The highest BCUT2D eigenvalue weighted by atomic mass is 16.1.